The maximum absolute atomic E-state index is 13.3. The third kappa shape index (κ3) is 7.83. The van der Waals surface area contributed by atoms with E-state index in [0.717, 1.165) is 9.87 Å². The van der Waals surface area contributed by atoms with E-state index in [0.29, 0.717) is 17.7 Å². The van der Waals surface area contributed by atoms with Gasteiger partial charge in [0.05, 0.1) is 17.7 Å². The van der Waals surface area contributed by atoms with Gasteiger partial charge >= 0.3 is 0 Å². The molecule has 0 aliphatic rings. The number of hydrogen-bond donors (Lipinski definition) is 2. The van der Waals surface area contributed by atoms with E-state index in [2.05, 4.69) is 15.8 Å². The van der Waals surface area contributed by atoms with Crippen molar-refractivity contribution in [3.05, 3.63) is 95.8 Å². The number of nitrogens with one attached hydrogen (secondary N) is 2. The lowest BCUT2D eigenvalue weighted by Crippen LogP contribution is -2.40. The fourth-order valence-corrected chi connectivity index (χ4v) is 4.60. The van der Waals surface area contributed by atoms with E-state index in [9.17, 15) is 22.4 Å². The molecule has 0 atom stereocenters. The second-order valence-electron chi connectivity index (χ2n) is 7.63. The molecule has 8 nitrogen and oxygen atoms in total. The summed E-state index contributed by atoms with van der Waals surface area (Å²) in [6.45, 7) is 0.940. The van der Waals surface area contributed by atoms with Crippen LogP contribution in [0.3, 0.4) is 0 Å². The fraction of sp³-hybridized carbons (Fsp3) is 0.160. The third-order valence-corrected chi connectivity index (χ3v) is 6.74. The minimum Gasteiger partial charge on any atom is -0.326 e. The predicted octanol–water partition coefficient (Wildman–Crippen LogP) is 3.17. The van der Waals surface area contributed by atoms with Crippen LogP contribution in [0.1, 0.15) is 18.1 Å². The second kappa shape index (κ2) is 12.0. The molecule has 0 aliphatic heterocycles. The number of hydrazone groups is 1. The quantitative estimate of drug-likeness (QED) is 0.332. The highest BCUT2D eigenvalue weighted by molar-refractivity contribution is 7.89. The van der Waals surface area contributed by atoms with Gasteiger partial charge in [0.2, 0.25) is 15.9 Å². The van der Waals surface area contributed by atoms with Crippen molar-refractivity contribution in [3.63, 3.8) is 0 Å². The van der Waals surface area contributed by atoms with E-state index in [1.807, 2.05) is 30.3 Å². The lowest BCUT2D eigenvalue weighted by atomic mass is 10.1. The molecule has 182 valence electrons. The molecule has 0 heterocycles. The molecule has 10 heteroatoms. The molecule has 0 saturated carbocycles. The van der Waals surface area contributed by atoms with Crippen LogP contribution in [0.2, 0.25) is 0 Å². The minimum atomic E-state index is -4.04. The monoisotopic (exact) mass is 496 g/mol. The Kier molecular flexibility index (Phi) is 8.82. The summed E-state index contributed by atoms with van der Waals surface area (Å²) in [6, 6.07) is 20.7. The van der Waals surface area contributed by atoms with Crippen LogP contribution < -0.4 is 10.7 Å². The predicted molar refractivity (Wildman–Crippen MR) is 132 cm³/mol. The topological polar surface area (TPSA) is 108 Å². The number of carbonyl (C=O) groups excluding carboxylic acids is 2. The van der Waals surface area contributed by atoms with Gasteiger partial charge in [0.1, 0.15) is 5.82 Å². The maximum Gasteiger partial charge on any atom is 0.255 e. The molecule has 3 rings (SSSR count). The molecule has 0 spiro atoms. The van der Waals surface area contributed by atoms with E-state index in [4.69, 9.17) is 0 Å². The number of amides is 2. The van der Waals surface area contributed by atoms with Crippen molar-refractivity contribution in [1.29, 1.82) is 0 Å². The van der Waals surface area contributed by atoms with Crippen molar-refractivity contribution in [2.45, 2.75) is 18.2 Å². The van der Waals surface area contributed by atoms with Crippen LogP contribution in [0, 0.1) is 5.82 Å². The van der Waals surface area contributed by atoms with E-state index in [-0.39, 0.29) is 17.3 Å². The number of anilines is 1. The van der Waals surface area contributed by atoms with Gasteiger partial charge in [-0.15, -0.1) is 0 Å². The standard InChI is InChI=1S/C25H25FN4O4S/c1-19(31)28-23-10-12-24(13-11-23)35(33,34)30(15-14-20-6-3-2-4-7-20)18-25(32)29-27-17-21-8-5-9-22(26)16-21/h2-13,16-17H,14-15,18H2,1H3,(H,28,31)(H,29,32)/b27-17-. The highest BCUT2D eigenvalue weighted by Crippen LogP contribution is 2.19. The Morgan fingerprint density at radius 2 is 1.71 bits per heavy atom. The van der Waals surface area contributed by atoms with Gasteiger partial charge in [-0.25, -0.2) is 18.2 Å². The van der Waals surface area contributed by atoms with Gasteiger partial charge in [-0.2, -0.15) is 9.41 Å². The van der Waals surface area contributed by atoms with Crippen molar-refractivity contribution in [2.75, 3.05) is 18.4 Å². The molecule has 0 unspecified atom stereocenters. The van der Waals surface area contributed by atoms with Crippen LogP contribution in [0.4, 0.5) is 10.1 Å². The van der Waals surface area contributed by atoms with Gasteiger partial charge in [0.15, 0.2) is 0 Å². The summed E-state index contributed by atoms with van der Waals surface area (Å²) < 4.78 is 41.0. The first-order valence-corrected chi connectivity index (χ1v) is 12.2. The summed E-state index contributed by atoms with van der Waals surface area (Å²) >= 11 is 0. The molecule has 2 amide bonds. The molecule has 2 N–H and O–H groups in total. The van der Waals surface area contributed by atoms with Gasteiger partial charge in [-0.3, -0.25) is 9.59 Å². The van der Waals surface area contributed by atoms with Crippen molar-refractivity contribution in [3.8, 4) is 0 Å². The summed E-state index contributed by atoms with van der Waals surface area (Å²) in [6.07, 6.45) is 1.66. The van der Waals surface area contributed by atoms with Crippen LogP contribution in [0.5, 0.6) is 0 Å². The van der Waals surface area contributed by atoms with Gasteiger partial charge in [-0.05, 0) is 53.9 Å². The van der Waals surface area contributed by atoms with Gasteiger partial charge in [-0.1, -0.05) is 42.5 Å². The van der Waals surface area contributed by atoms with E-state index >= 15 is 0 Å². The average molecular weight is 497 g/mol. The largest absolute Gasteiger partial charge is 0.326 e. The molecule has 0 aromatic heterocycles. The first kappa shape index (κ1) is 25.7. The van der Waals surface area contributed by atoms with E-state index < -0.39 is 28.3 Å². The summed E-state index contributed by atoms with van der Waals surface area (Å²) in [7, 11) is -4.04. The second-order valence-corrected chi connectivity index (χ2v) is 9.57. The summed E-state index contributed by atoms with van der Waals surface area (Å²) in [5, 5.41) is 6.38. The molecular weight excluding hydrogens is 471 g/mol. The van der Waals surface area contributed by atoms with E-state index in [1.165, 1.54) is 55.6 Å². The van der Waals surface area contributed by atoms with Crippen LogP contribution in [0.15, 0.2) is 88.9 Å². The molecule has 0 aliphatic carbocycles. The number of hydrogen-bond acceptors (Lipinski definition) is 5. The number of nitrogens with zero attached hydrogens (tertiary/aromatic N) is 2. The van der Waals surface area contributed by atoms with Crippen molar-refractivity contribution >= 4 is 33.7 Å². The zero-order chi connectivity index (χ0) is 25.3. The van der Waals surface area contributed by atoms with Crippen LogP contribution >= 0.6 is 0 Å². The van der Waals surface area contributed by atoms with Gasteiger partial charge < -0.3 is 5.32 Å². The first-order valence-electron chi connectivity index (χ1n) is 10.7. The molecule has 0 bridgehead atoms. The number of carbonyl (C=O) groups is 2. The van der Waals surface area contributed by atoms with Crippen LogP contribution in [0.25, 0.3) is 0 Å². The van der Waals surface area contributed by atoms with Crippen molar-refractivity contribution in [2.24, 2.45) is 5.10 Å². The smallest absolute Gasteiger partial charge is 0.255 e. The molecule has 0 saturated heterocycles. The third-order valence-electron chi connectivity index (χ3n) is 4.88. The van der Waals surface area contributed by atoms with Gasteiger partial charge in [0, 0.05) is 19.2 Å². The molecular formula is C25H25FN4O4S. The lowest BCUT2D eigenvalue weighted by Gasteiger charge is -2.21. The summed E-state index contributed by atoms with van der Waals surface area (Å²) in [5.74, 6) is -1.37. The summed E-state index contributed by atoms with van der Waals surface area (Å²) in [4.78, 5) is 23.7. The Morgan fingerprint density at radius 3 is 2.37 bits per heavy atom. The Bertz CT molecular complexity index is 1300. The highest BCUT2D eigenvalue weighted by atomic mass is 32.2. The fourth-order valence-electron chi connectivity index (χ4n) is 3.21. The van der Waals surface area contributed by atoms with Crippen LogP contribution in [-0.4, -0.2) is 43.8 Å². The highest BCUT2D eigenvalue weighted by Gasteiger charge is 2.26. The van der Waals surface area contributed by atoms with Crippen molar-refractivity contribution in [1.82, 2.24) is 9.73 Å². The number of sulfonamides is 1. The SMILES string of the molecule is CC(=O)Nc1ccc(S(=O)(=O)N(CCc2ccccc2)CC(=O)N/N=C\c2cccc(F)c2)cc1. The Balaban J connectivity index is 1.75. The van der Waals surface area contributed by atoms with Gasteiger partial charge in [0.25, 0.3) is 5.91 Å². The number of halogens is 1. The molecule has 0 radical (unpaired) electrons. The maximum atomic E-state index is 13.3. The molecule has 3 aromatic rings. The average Bonchev–Trinajstić information content (AvgIpc) is 2.82. The van der Waals surface area contributed by atoms with Crippen molar-refractivity contribution < 1.29 is 22.4 Å². The first-order chi connectivity index (χ1) is 16.7. The molecule has 35 heavy (non-hydrogen) atoms. The van der Waals surface area contributed by atoms with E-state index in [1.54, 1.807) is 6.07 Å². The zero-order valence-corrected chi connectivity index (χ0v) is 19.8. The Morgan fingerprint density at radius 1 is 1.00 bits per heavy atom. The normalized spacial score (nSPS) is 11.5. The van der Waals surface area contributed by atoms with Crippen LogP contribution in [-0.2, 0) is 26.0 Å². The zero-order valence-electron chi connectivity index (χ0n) is 19.0. The summed E-state index contributed by atoms with van der Waals surface area (Å²) in [5.41, 5.74) is 4.10. The minimum absolute atomic E-state index is 0.0178. The molecule has 3 aromatic carbocycles. The number of benzene rings is 3. The molecule has 0 fully saturated rings. The Labute approximate surface area is 203 Å². The number of rotatable bonds is 10. The lowest BCUT2D eigenvalue weighted by molar-refractivity contribution is -0.121. The Hall–Kier alpha value is -3.89.